The molecular weight excluding hydrogens is 246 g/mol. The van der Waals surface area contributed by atoms with Gasteiger partial charge in [0.1, 0.15) is 0 Å². The van der Waals surface area contributed by atoms with E-state index in [4.69, 9.17) is 0 Å². The lowest BCUT2D eigenvalue weighted by atomic mass is 10.1. The number of carbonyl (C=O) groups is 1. The number of hydrogen-bond acceptors (Lipinski definition) is 3. The third-order valence-corrected chi connectivity index (χ3v) is 3.60. The molecule has 0 fully saturated rings. The van der Waals surface area contributed by atoms with Crippen molar-refractivity contribution in [1.29, 1.82) is 0 Å². The van der Waals surface area contributed by atoms with Gasteiger partial charge in [-0.1, -0.05) is 41.7 Å². The van der Waals surface area contributed by atoms with Gasteiger partial charge in [0.2, 0.25) is 10.7 Å². The van der Waals surface area contributed by atoms with Gasteiger partial charge in [-0.05, 0) is 12.5 Å². The van der Waals surface area contributed by atoms with Gasteiger partial charge in [0.15, 0.2) is 0 Å². The maximum atomic E-state index is 10.9. The summed E-state index contributed by atoms with van der Waals surface area (Å²) in [4.78, 5) is 12.8. The maximum Gasteiger partial charge on any atom is 0.237 e. The van der Waals surface area contributed by atoms with Crippen LogP contribution in [0.4, 0.5) is 0 Å². The van der Waals surface area contributed by atoms with E-state index in [-0.39, 0.29) is 5.91 Å². The Kier molecular flexibility index (Phi) is 3.62. The Hall–Kier alpha value is -1.88. The standard InChI is InChI=1S/C13H15N3OS/c1-9-12(11-7-5-4-6-8-11)16(3)13(18-9)15-14-10(2)17/h4-8H,1-3H3,(H,14,17)/b15-13+. The Morgan fingerprint density at radius 3 is 2.61 bits per heavy atom. The number of nitrogens with zero attached hydrogens (tertiary/aromatic N) is 2. The van der Waals surface area contributed by atoms with Gasteiger partial charge < -0.3 is 4.57 Å². The number of rotatable bonds is 2. The first kappa shape index (κ1) is 12.6. The number of nitrogens with one attached hydrogen (secondary N) is 1. The number of aromatic nitrogens is 1. The largest absolute Gasteiger partial charge is 0.318 e. The highest BCUT2D eigenvalue weighted by atomic mass is 32.1. The summed E-state index contributed by atoms with van der Waals surface area (Å²) in [6.45, 7) is 3.50. The van der Waals surface area contributed by atoms with Gasteiger partial charge in [0, 0.05) is 18.8 Å². The lowest BCUT2D eigenvalue weighted by molar-refractivity contribution is -0.119. The molecule has 1 heterocycles. The van der Waals surface area contributed by atoms with E-state index < -0.39 is 0 Å². The lowest BCUT2D eigenvalue weighted by Crippen LogP contribution is -2.21. The van der Waals surface area contributed by atoms with E-state index in [0.29, 0.717) is 0 Å². The van der Waals surface area contributed by atoms with Crippen LogP contribution in [0.3, 0.4) is 0 Å². The Morgan fingerprint density at radius 2 is 2.00 bits per heavy atom. The molecule has 1 N–H and O–H groups in total. The monoisotopic (exact) mass is 261 g/mol. The smallest absolute Gasteiger partial charge is 0.237 e. The topological polar surface area (TPSA) is 46.4 Å². The summed E-state index contributed by atoms with van der Waals surface area (Å²) in [5.74, 6) is -0.165. The van der Waals surface area contributed by atoms with Crippen LogP contribution in [0, 0.1) is 6.92 Å². The molecule has 5 heteroatoms. The van der Waals surface area contributed by atoms with E-state index in [1.54, 1.807) is 11.3 Å². The Bertz CT molecular complexity index is 625. The van der Waals surface area contributed by atoms with Crippen LogP contribution >= 0.6 is 11.3 Å². The quantitative estimate of drug-likeness (QED) is 0.826. The second-order valence-corrected chi connectivity index (χ2v) is 5.18. The zero-order valence-electron chi connectivity index (χ0n) is 10.6. The summed E-state index contributed by atoms with van der Waals surface area (Å²) in [5, 5.41) is 4.09. The van der Waals surface area contributed by atoms with E-state index in [1.807, 2.05) is 29.8 Å². The molecule has 0 radical (unpaired) electrons. The van der Waals surface area contributed by atoms with Crippen molar-refractivity contribution >= 4 is 17.2 Å². The summed E-state index contributed by atoms with van der Waals surface area (Å²) in [6, 6.07) is 10.1. The molecule has 1 amide bonds. The molecule has 4 nitrogen and oxygen atoms in total. The third-order valence-electron chi connectivity index (χ3n) is 2.56. The molecule has 1 aromatic heterocycles. The first-order chi connectivity index (χ1) is 8.59. The molecule has 2 rings (SSSR count). The highest BCUT2D eigenvalue weighted by Crippen LogP contribution is 2.23. The molecule has 0 saturated carbocycles. The number of thiazole rings is 1. The molecule has 0 aliphatic rings. The van der Waals surface area contributed by atoms with Crippen LogP contribution in [0.25, 0.3) is 11.3 Å². The Morgan fingerprint density at radius 1 is 1.33 bits per heavy atom. The summed E-state index contributed by atoms with van der Waals surface area (Å²) in [5.41, 5.74) is 4.75. The van der Waals surface area contributed by atoms with Crippen molar-refractivity contribution in [3.8, 4) is 11.3 Å². The van der Waals surface area contributed by atoms with E-state index in [2.05, 4.69) is 29.6 Å². The molecule has 0 unspecified atom stereocenters. The molecule has 0 spiro atoms. The van der Waals surface area contributed by atoms with Gasteiger partial charge in [-0.3, -0.25) is 4.79 Å². The number of hydrogen-bond donors (Lipinski definition) is 1. The minimum Gasteiger partial charge on any atom is -0.318 e. The molecule has 2 aromatic rings. The number of benzene rings is 1. The van der Waals surface area contributed by atoms with Gasteiger partial charge in [-0.15, -0.1) is 5.10 Å². The van der Waals surface area contributed by atoms with Crippen molar-refractivity contribution in [2.45, 2.75) is 13.8 Å². The van der Waals surface area contributed by atoms with Gasteiger partial charge in [0.05, 0.1) is 5.69 Å². The van der Waals surface area contributed by atoms with Crippen LogP contribution in [0.5, 0.6) is 0 Å². The van der Waals surface area contributed by atoms with Gasteiger partial charge in [-0.2, -0.15) is 0 Å². The van der Waals surface area contributed by atoms with E-state index >= 15 is 0 Å². The zero-order chi connectivity index (χ0) is 13.1. The summed E-state index contributed by atoms with van der Waals surface area (Å²) < 4.78 is 1.99. The van der Waals surface area contributed by atoms with Crippen LogP contribution in [0.2, 0.25) is 0 Å². The molecular formula is C13H15N3OS. The van der Waals surface area contributed by atoms with Crippen LogP contribution in [-0.2, 0) is 11.8 Å². The third kappa shape index (κ3) is 2.51. The van der Waals surface area contributed by atoms with Crippen molar-refractivity contribution in [2.75, 3.05) is 0 Å². The minimum absolute atomic E-state index is 0.165. The Balaban J connectivity index is 2.51. The molecule has 18 heavy (non-hydrogen) atoms. The highest BCUT2D eigenvalue weighted by molar-refractivity contribution is 7.09. The van der Waals surface area contributed by atoms with Crippen LogP contribution in [0.1, 0.15) is 11.8 Å². The van der Waals surface area contributed by atoms with Crippen molar-refractivity contribution < 1.29 is 4.79 Å². The summed E-state index contributed by atoms with van der Waals surface area (Å²) >= 11 is 1.56. The fraction of sp³-hybridized carbons (Fsp3) is 0.231. The summed E-state index contributed by atoms with van der Waals surface area (Å²) in [6.07, 6.45) is 0. The second kappa shape index (κ2) is 5.18. The summed E-state index contributed by atoms with van der Waals surface area (Å²) in [7, 11) is 1.95. The maximum absolute atomic E-state index is 10.9. The van der Waals surface area contributed by atoms with Crippen molar-refractivity contribution in [2.24, 2.45) is 12.1 Å². The molecule has 94 valence electrons. The Labute approximate surface area is 110 Å². The number of amides is 1. The SMILES string of the molecule is CC(=O)N/N=c1/sc(C)c(-c2ccccc2)n1C. The molecule has 0 atom stereocenters. The second-order valence-electron chi connectivity index (χ2n) is 3.99. The predicted molar refractivity (Wildman–Crippen MR) is 72.8 cm³/mol. The lowest BCUT2D eigenvalue weighted by Gasteiger charge is -2.04. The van der Waals surface area contributed by atoms with Crippen LogP contribution in [0.15, 0.2) is 35.4 Å². The van der Waals surface area contributed by atoms with E-state index in [1.165, 1.54) is 11.8 Å². The fourth-order valence-electron chi connectivity index (χ4n) is 1.80. The van der Waals surface area contributed by atoms with Crippen LogP contribution < -0.4 is 10.2 Å². The molecule has 0 aliphatic carbocycles. The molecule has 0 saturated heterocycles. The molecule has 1 aromatic carbocycles. The predicted octanol–water partition coefficient (Wildman–Crippen LogP) is 2.01. The van der Waals surface area contributed by atoms with Gasteiger partial charge in [0.25, 0.3) is 0 Å². The fourth-order valence-corrected chi connectivity index (χ4v) is 2.75. The zero-order valence-corrected chi connectivity index (χ0v) is 11.4. The molecule has 0 aliphatic heterocycles. The highest BCUT2D eigenvalue weighted by Gasteiger charge is 2.09. The molecule has 0 bridgehead atoms. The van der Waals surface area contributed by atoms with Gasteiger partial charge in [-0.25, -0.2) is 5.43 Å². The number of carbonyl (C=O) groups excluding carboxylic acids is 1. The van der Waals surface area contributed by atoms with Crippen molar-refractivity contribution in [3.63, 3.8) is 0 Å². The number of aryl methyl sites for hydroxylation is 1. The van der Waals surface area contributed by atoms with Crippen LogP contribution in [-0.4, -0.2) is 10.5 Å². The van der Waals surface area contributed by atoms with Crippen molar-refractivity contribution in [3.05, 3.63) is 40.0 Å². The normalized spacial score (nSPS) is 11.6. The minimum atomic E-state index is -0.165. The first-order valence-corrected chi connectivity index (χ1v) is 6.43. The van der Waals surface area contributed by atoms with Gasteiger partial charge >= 0.3 is 0 Å². The average Bonchev–Trinajstić information content (AvgIpc) is 2.63. The van der Waals surface area contributed by atoms with E-state index in [0.717, 1.165) is 16.1 Å². The van der Waals surface area contributed by atoms with E-state index in [9.17, 15) is 4.79 Å². The van der Waals surface area contributed by atoms with Crippen molar-refractivity contribution in [1.82, 2.24) is 9.99 Å². The average molecular weight is 261 g/mol. The first-order valence-electron chi connectivity index (χ1n) is 5.61.